The highest BCUT2D eigenvalue weighted by molar-refractivity contribution is 14.0. The number of amides is 1. The number of rotatable bonds is 5. The lowest BCUT2D eigenvalue weighted by molar-refractivity contribution is -0.118. The number of carbonyl (C=O) groups is 1. The third-order valence-corrected chi connectivity index (χ3v) is 6.02. The van der Waals surface area contributed by atoms with Crippen molar-refractivity contribution >= 4 is 41.5 Å². The highest BCUT2D eigenvalue weighted by Gasteiger charge is 2.32. The highest BCUT2D eigenvalue weighted by Crippen LogP contribution is 2.28. The van der Waals surface area contributed by atoms with Crippen LogP contribution in [0.2, 0.25) is 0 Å². The fourth-order valence-electron chi connectivity index (χ4n) is 4.49. The summed E-state index contributed by atoms with van der Waals surface area (Å²) in [6.07, 6.45) is 4.80. The number of nitrogens with zero attached hydrogens (tertiary/aromatic N) is 3. The number of guanidine groups is 1. The third-order valence-electron chi connectivity index (χ3n) is 6.02. The standard InChI is InChI=1S/C22H32N4O3.HI/c1-23-22(25-13-15-29-20(16-25)19-8-5-14-28-19)24-11-4-9-21(27)26-12-10-17-6-2-3-7-18(17)26;/h2-3,6-7,19-20H,4-5,8-16H2,1H3,(H,23,24);1H. The number of hydrogen-bond donors (Lipinski definition) is 1. The summed E-state index contributed by atoms with van der Waals surface area (Å²) < 4.78 is 11.7. The number of fused-ring (bicyclic) bond motifs is 1. The van der Waals surface area contributed by atoms with Crippen LogP contribution in [0.25, 0.3) is 0 Å². The molecule has 1 aromatic carbocycles. The van der Waals surface area contributed by atoms with E-state index < -0.39 is 0 Å². The van der Waals surface area contributed by atoms with Crippen LogP contribution < -0.4 is 10.2 Å². The van der Waals surface area contributed by atoms with Crippen molar-refractivity contribution in [3.63, 3.8) is 0 Å². The molecule has 2 atom stereocenters. The lowest BCUT2D eigenvalue weighted by Crippen LogP contribution is -2.53. The van der Waals surface area contributed by atoms with E-state index >= 15 is 0 Å². The molecule has 3 heterocycles. The molecule has 8 heteroatoms. The fraction of sp³-hybridized carbons (Fsp3) is 0.636. The van der Waals surface area contributed by atoms with Crippen molar-refractivity contribution in [1.82, 2.24) is 10.2 Å². The number of anilines is 1. The van der Waals surface area contributed by atoms with E-state index in [2.05, 4.69) is 21.3 Å². The Balaban J connectivity index is 0.00000256. The van der Waals surface area contributed by atoms with E-state index in [0.29, 0.717) is 13.0 Å². The molecule has 30 heavy (non-hydrogen) atoms. The molecular weight excluding hydrogens is 495 g/mol. The van der Waals surface area contributed by atoms with Crippen molar-refractivity contribution in [1.29, 1.82) is 0 Å². The van der Waals surface area contributed by atoms with E-state index in [4.69, 9.17) is 9.47 Å². The van der Waals surface area contributed by atoms with Crippen LogP contribution in [0.15, 0.2) is 29.3 Å². The molecular formula is C22H33IN4O3. The first-order valence-corrected chi connectivity index (χ1v) is 10.8. The summed E-state index contributed by atoms with van der Waals surface area (Å²) in [6, 6.07) is 8.20. The minimum Gasteiger partial charge on any atom is -0.375 e. The Morgan fingerprint density at radius 3 is 2.83 bits per heavy atom. The maximum Gasteiger partial charge on any atom is 0.227 e. The Morgan fingerprint density at radius 1 is 1.20 bits per heavy atom. The second-order valence-electron chi connectivity index (χ2n) is 7.91. The van der Waals surface area contributed by atoms with Gasteiger partial charge in [0.2, 0.25) is 5.91 Å². The number of para-hydroxylation sites is 1. The lowest BCUT2D eigenvalue weighted by Gasteiger charge is -2.37. The maximum atomic E-state index is 12.6. The summed E-state index contributed by atoms with van der Waals surface area (Å²) in [4.78, 5) is 21.3. The predicted molar refractivity (Wildman–Crippen MR) is 129 cm³/mol. The molecule has 7 nitrogen and oxygen atoms in total. The first-order valence-electron chi connectivity index (χ1n) is 10.8. The topological polar surface area (TPSA) is 66.4 Å². The largest absolute Gasteiger partial charge is 0.375 e. The van der Waals surface area contributed by atoms with Crippen molar-refractivity contribution in [2.75, 3.05) is 51.3 Å². The number of hydrogen-bond acceptors (Lipinski definition) is 4. The minimum atomic E-state index is 0. The zero-order valence-electron chi connectivity index (χ0n) is 17.7. The molecule has 0 aromatic heterocycles. The SMILES string of the molecule is CN=C(NCCCC(=O)N1CCc2ccccc21)N1CCOC(C2CCCO2)C1.I. The van der Waals surface area contributed by atoms with Crippen LogP contribution in [-0.2, 0) is 20.7 Å². The first kappa shape index (κ1) is 23.3. The minimum absolute atomic E-state index is 0. The zero-order valence-corrected chi connectivity index (χ0v) is 20.0. The van der Waals surface area contributed by atoms with Gasteiger partial charge in [0.05, 0.1) is 12.7 Å². The molecule has 0 aliphatic carbocycles. The molecule has 2 unspecified atom stereocenters. The van der Waals surface area contributed by atoms with Gasteiger partial charge in [0.1, 0.15) is 6.10 Å². The normalized spacial score (nSPS) is 23.8. The number of aliphatic imine (C=N–C) groups is 1. The number of morpholine rings is 1. The van der Waals surface area contributed by atoms with Gasteiger partial charge in [0, 0.05) is 51.9 Å². The Hall–Kier alpha value is -1.39. The lowest BCUT2D eigenvalue weighted by atomic mass is 10.1. The van der Waals surface area contributed by atoms with Gasteiger partial charge in [-0.2, -0.15) is 0 Å². The smallest absolute Gasteiger partial charge is 0.227 e. The summed E-state index contributed by atoms with van der Waals surface area (Å²) in [5, 5.41) is 3.42. The van der Waals surface area contributed by atoms with Crippen molar-refractivity contribution in [2.45, 2.75) is 44.3 Å². The van der Waals surface area contributed by atoms with Crippen molar-refractivity contribution in [2.24, 2.45) is 4.99 Å². The third kappa shape index (κ3) is 5.45. The molecule has 0 saturated carbocycles. The van der Waals surface area contributed by atoms with E-state index in [1.165, 1.54) is 5.56 Å². The van der Waals surface area contributed by atoms with Crippen molar-refractivity contribution in [3.8, 4) is 0 Å². The van der Waals surface area contributed by atoms with Crippen LogP contribution >= 0.6 is 24.0 Å². The van der Waals surface area contributed by atoms with Gasteiger partial charge in [-0.25, -0.2) is 0 Å². The van der Waals surface area contributed by atoms with Gasteiger partial charge in [-0.15, -0.1) is 24.0 Å². The average molecular weight is 528 g/mol. The Labute approximate surface area is 196 Å². The van der Waals surface area contributed by atoms with E-state index in [-0.39, 0.29) is 42.1 Å². The summed E-state index contributed by atoms with van der Waals surface area (Å²) in [5.74, 6) is 1.09. The molecule has 0 spiro atoms. The molecule has 1 amide bonds. The van der Waals surface area contributed by atoms with E-state index in [0.717, 1.165) is 70.1 Å². The molecule has 2 fully saturated rings. The van der Waals surface area contributed by atoms with Crippen molar-refractivity contribution < 1.29 is 14.3 Å². The molecule has 0 radical (unpaired) electrons. The quantitative estimate of drug-likeness (QED) is 0.275. The highest BCUT2D eigenvalue weighted by atomic mass is 127. The van der Waals surface area contributed by atoms with E-state index in [1.807, 2.05) is 30.1 Å². The number of ether oxygens (including phenoxy) is 2. The van der Waals surface area contributed by atoms with Gasteiger partial charge in [0.15, 0.2) is 5.96 Å². The number of benzene rings is 1. The summed E-state index contributed by atoms with van der Waals surface area (Å²) in [6.45, 7) is 4.69. The van der Waals surface area contributed by atoms with Crippen LogP contribution in [-0.4, -0.2) is 75.4 Å². The molecule has 2 saturated heterocycles. The number of carbonyl (C=O) groups excluding carboxylic acids is 1. The molecule has 4 rings (SSSR count). The van der Waals surface area contributed by atoms with E-state index in [9.17, 15) is 4.79 Å². The van der Waals surface area contributed by atoms with Crippen LogP contribution in [0, 0.1) is 0 Å². The average Bonchev–Trinajstić information content (AvgIpc) is 3.44. The second kappa shape index (κ2) is 11.3. The van der Waals surface area contributed by atoms with Gasteiger partial charge in [-0.1, -0.05) is 18.2 Å². The Kier molecular flexibility index (Phi) is 8.76. The predicted octanol–water partition coefficient (Wildman–Crippen LogP) is 2.43. The zero-order chi connectivity index (χ0) is 20.1. The molecule has 166 valence electrons. The fourth-order valence-corrected chi connectivity index (χ4v) is 4.49. The second-order valence-corrected chi connectivity index (χ2v) is 7.91. The molecule has 1 N–H and O–H groups in total. The summed E-state index contributed by atoms with van der Waals surface area (Å²) in [7, 11) is 1.81. The molecule has 0 bridgehead atoms. The van der Waals surface area contributed by atoms with Crippen molar-refractivity contribution in [3.05, 3.63) is 29.8 Å². The monoisotopic (exact) mass is 528 g/mol. The van der Waals surface area contributed by atoms with Gasteiger partial charge in [0.25, 0.3) is 0 Å². The maximum absolute atomic E-state index is 12.6. The van der Waals surface area contributed by atoms with Crippen LogP contribution in [0.4, 0.5) is 5.69 Å². The van der Waals surface area contributed by atoms with Crippen LogP contribution in [0.1, 0.15) is 31.2 Å². The first-order chi connectivity index (χ1) is 14.3. The molecule has 3 aliphatic heterocycles. The molecule has 3 aliphatic rings. The summed E-state index contributed by atoms with van der Waals surface area (Å²) >= 11 is 0. The van der Waals surface area contributed by atoms with E-state index in [1.54, 1.807) is 0 Å². The van der Waals surface area contributed by atoms with Gasteiger partial charge >= 0.3 is 0 Å². The van der Waals surface area contributed by atoms with Crippen LogP contribution in [0.3, 0.4) is 0 Å². The Morgan fingerprint density at radius 2 is 2.03 bits per heavy atom. The number of nitrogens with one attached hydrogen (secondary N) is 1. The Bertz CT molecular complexity index is 739. The summed E-state index contributed by atoms with van der Waals surface area (Å²) in [5.41, 5.74) is 2.35. The molecule has 1 aromatic rings. The van der Waals surface area contributed by atoms with Gasteiger partial charge in [-0.05, 0) is 37.3 Å². The van der Waals surface area contributed by atoms with Crippen LogP contribution in [0.5, 0.6) is 0 Å². The van der Waals surface area contributed by atoms with Gasteiger partial charge < -0.3 is 24.6 Å². The number of halogens is 1. The van der Waals surface area contributed by atoms with Gasteiger partial charge in [-0.3, -0.25) is 9.79 Å².